The Morgan fingerprint density at radius 2 is 2.17 bits per heavy atom. The molecule has 8 nitrogen and oxygen atoms in total. The number of hydrogen-bond donors (Lipinski definition) is 1. The van der Waals surface area contributed by atoms with Crippen molar-refractivity contribution in [2.24, 2.45) is 0 Å². The summed E-state index contributed by atoms with van der Waals surface area (Å²) in [6.07, 6.45) is 0. The fourth-order valence-corrected chi connectivity index (χ4v) is 4.01. The third kappa shape index (κ3) is 5.31. The number of rotatable bonds is 7. The molecule has 0 radical (unpaired) electrons. The van der Waals surface area contributed by atoms with Crippen LogP contribution in [-0.2, 0) is 4.79 Å². The third-order valence-corrected chi connectivity index (χ3v) is 5.69. The van der Waals surface area contributed by atoms with Gasteiger partial charge in [0, 0.05) is 25.7 Å². The van der Waals surface area contributed by atoms with Crippen molar-refractivity contribution < 1.29 is 18.7 Å². The van der Waals surface area contributed by atoms with Gasteiger partial charge in [0.05, 0.1) is 12.2 Å². The molecule has 0 saturated carbocycles. The Labute approximate surface area is 179 Å². The van der Waals surface area contributed by atoms with Gasteiger partial charge in [0.15, 0.2) is 0 Å². The smallest absolute Gasteiger partial charge is 0.267 e. The number of benzene rings is 1. The quantitative estimate of drug-likeness (QED) is 0.667. The third-order valence-electron chi connectivity index (χ3n) is 4.96. The maximum atomic E-state index is 13.2. The maximum absolute atomic E-state index is 13.2. The highest BCUT2D eigenvalue weighted by Crippen LogP contribution is 2.22. The maximum Gasteiger partial charge on any atom is 0.267 e. The van der Waals surface area contributed by atoms with E-state index < -0.39 is 6.04 Å². The Morgan fingerprint density at radius 3 is 2.90 bits per heavy atom. The molecule has 0 aliphatic carbocycles. The molecule has 162 valence electrons. The molecule has 1 saturated heterocycles. The van der Waals surface area contributed by atoms with Crippen molar-refractivity contribution in [3.8, 4) is 5.75 Å². The van der Waals surface area contributed by atoms with E-state index in [9.17, 15) is 14.0 Å². The Bertz CT molecular complexity index is 891. The zero-order valence-electron chi connectivity index (χ0n) is 17.3. The summed E-state index contributed by atoms with van der Waals surface area (Å²) in [6, 6.07) is 5.39. The van der Waals surface area contributed by atoms with Gasteiger partial charge in [-0.05, 0) is 36.6 Å². The summed E-state index contributed by atoms with van der Waals surface area (Å²) < 4.78 is 22.5. The molecule has 1 aliphatic rings. The van der Waals surface area contributed by atoms with Gasteiger partial charge < -0.3 is 15.0 Å². The molecule has 30 heavy (non-hydrogen) atoms. The van der Waals surface area contributed by atoms with Crippen molar-refractivity contribution in [2.45, 2.75) is 25.8 Å². The first kappa shape index (κ1) is 22.1. The molecule has 1 aromatic heterocycles. The lowest BCUT2D eigenvalue weighted by molar-refractivity contribution is -0.127. The highest BCUT2D eigenvalue weighted by Gasteiger charge is 2.34. The van der Waals surface area contributed by atoms with Crippen LogP contribution in [0.1, 0.15) is 35.1 Å². The van der Waals surface area contributed by atoms with Crippen molar-refractivity contribution in [3.63, 3.8) is 0 Å². The van der Waals surface area contributed by atoms with Gasteiger partial charge in [-0.2, -0.15) is 0 Å². The van der Waals surface area contributed by atoms with E-state index in [-0.39, 0.29) is 36.7 Å². The molecule has 1 fully saturated rings. The van der Waals surface area contributed by atoms with Crippen LogP contribution in [-0.4, -0.2) is 77.1 Å². The molecule has 0 unspecified atom stereocenters. The van der Waals surface area contributed by atoms with Gasteiger partial charge in [-0.15, -0.1) is 5.10 Å². The van der Waals surface area contributed by atoms with Gasteiger partial charge in [0.1, 0.15) is 29.1 Å². The van der Waals surface area contributed by atoms with Crippen LogP contribution in [0.5, 0.6) is 5.75 Å². The van der Waals surface area contributed by atoms with E-state index in [0.717, 1.165) is 11.5 Å². The second kappa shape index (κ2) is 9.94. The number of nitrogens with one attached hydrogen (secondary N) is 1. The Hall–Kier alpha value is -2.59. The number of hydrogen-bond acceptors (Lipinski definition) is 7. The number of aromatic nitrogens is 2. The molecular formula is C20H26FN5O3S. The lowest BCUT2D eigenvalue weighted by Crippen LogP contribution is -2.59. The standard InChI is InChI=1S/C20H26FN5O3S/c1-13(2)17-18(30-24-23-17)20(28)26-9-8-25(3)16(12-26)19(27)22-7-10-29-15-6-4-5-14(21)11-15/h4-6,11,13,16H,7-10,12H2,1-3H3,(H,22,27)/t16-/m1/s1. The van der Waals surface area contributed by atoms with Crippen molar-refractivity contribution >= 4 is 23.3 Å². The largest absolute Gasteiger partial charge is 0.492 e. The number of amides is 2. The van der Waals surface area contributed by atoms with Gasteiger partial charge >= 0.3 is 0 Å². The number of halogens is 1. The van der Waals surface area contributed by atoms with Gasteiger partial charge in [-0.3, -0.25) is 14.5 Å². The average Bonchev–Trinajstić information content (AvgIpc) is 3.21. The van der Waals surface area contributed by atoms with Crippen LogP contribution in [0.4, 0.5) is 4.39 Å². The fourth-order valence-electron chi connectivity index (χ4n) is 3.23. The predicted octanol–water partition coefficient (Wildman–Crippen LogP) is 1.75. The Morgan fingerprint density at radius 1 is 1.37 bits per heavy atom. The molecular weight excluding hydrogens is 409 g/mol. The van der Waals surface area contributed by atoms with Crippen LogP contribution in [0.25, 0.3) is 0 Å². The highest BCUT2D eigenvalue weighted by molar-refractivity contribution is 7.08. The summed E-state index contributed by atoms with van der Waals surface area (Å²) in [5.41, 5.74) is 0.694. The van der Waals surface area contributed by atoms with E-state index >= 15 is 0 Å². The number of nitrogens with zero attached hydrogens (tertiary/aromatic N) is 4. The second-order valence-electron chi connectivity index (χ2n) is 7.49. The van der Waals surface area contributed by atoms with Gasteiger partial charge in [0.2, 0.25) is 5.91 Å². The molecule has 1 aliphatic heterocycles. The molecule has 2 heterocycles. The van der Waals surface area contributed by atoms with Crippen LogP contribution in [0, 0.1) is 5.82 Å². The Balaban J connectivity index is 1.53. The van der Waals surface area contributed by atoms with Gasteiger partial charge in [-0.1, -0.05) is 24.4 Å². The van der Waals surface area contributed by atoms with Crippen LogP contribution in [0.2, 0.25) is 0 Å². The molecule has 3 rings (SSSR count). The average molecular weight is 436 g/mol. The van der Waals surface area contributed by atoms with E-state index in [1.54, 1.807) is 17.0 Å². The van der Waals surface area contributed by atoms with Crippen molar-refractivity contribution in [1.82, 2.24) is 24.7 Å². The van der Waals surface area contributed by atoms with Crippen LogP contribution < -0.4 is 10.1 Å². The molecule has 2 aromatic rings. The second-order valence-corrected chi connectivity index (χ2v) is 8.24. The van der Waals surface area contributed by atoms with Crippen LogP contribution >= 0.6 is 11.5 Å². The molecule has 1 aromatic carbocycles. The summed E-state index contributed by atoms with van der Waals surface area (Å²) in [7, 11) is 1.86. The number of likely N-dealkylation sites (N-methyl/N-ethyl adjacent to an activating group) is 1. The predicted molar refractivity (Wildman–Crippen MR) is 111 cm³/mol. The zero-order chi connectivity index (χ0) is 21.7. The summed E-state index contributed by atoms with van der Waals surface area (Å²) in [5, 5.41) is 6.91. The van der Waals surface area contributed by atoms with E-state index in [2.05, 4.69) is 14.9 Å². The minimum Gasteiger partial charge on any atom is -0.492 e. The summed E-state index contributed by atoms with van der Waals surface area (Å²) in [6.45, 7) is 5.87. The fraction of sp³-hybridized carbons (Fsp3) is 0.500. The van der Waals surface area contributed by atoms with Gasteiger partial charge in [0.25, 0.3) is 5.91 Å². The van der Waals surface area contributed by atoms with E-state index in [4.69, 9.17) is 4.74 Å². The van der Waals surface area contributed by atoms with E-state index in [1.807, 2.05) is 25.8 Å². The molecule has 1 atom stereocenters. The van der Waals surface area contributed by atoms with Gasteiger partial charge in [-0.25, -0.2) is 4.39 Å². The highest BCUT2D eigenvalue weighted by atomic mass is 32.1. The minimum atomic E-state index is -0.458. The van der Waals surface area contributed by atoms with Crippen molar-refractivity contribution in [3.05, 3.63) is 40.7 Å². The monoisotopic (exact) mass is 435 g/mol. The first-order valence-electron chi connectivity index (χ1n) is 9.84. The first-order chi connectivity index (χ1) is 14.4. The Kier molecular flexibility index (Phi) is 7.33. The lowest BCUT2D eigenvalue weighted by Gasteiger charge is -2.38. The number of piperazine rings is 1. The number of carbonyl (C=O) groups is 2. The molecule has 0 spiro atoms. The molecule has 2 amide bonds. The van der Waals surface area contributed by atoms with Crippen LogP contribution in [0.3, 0.4) is 0 Å². The van der Waals surface area contributed by atoms with Crippen LogP contribution in [0.15, 0.2) is 24.3 Å². The topological polar surface area (TPSA) is 87.7 Å². The normalized spacial score (nSPS) is 17.2. The van der Waals surface area contributed by atoms with Crippen molar-refractivity contribution in [1.29, 1.82) is 0 Å². The molecule has 0 bridgehead atoms. The summed E-state index contributed by atoms with van der Waals surface area (Å²) >= 11 is 1.10. The lowest BCUT2D eigenvalue weighted by atomic mass is 10.1. The molecule has 10 heteroatoms. The van der Waals surface area contributed by atoms with Crippen molar-refractivity contribution in [2.75, 3.05) is 39.8 Å². The molecule has 1 N–H and O–H groups in total. The number of ether oxygens (including phenoxy) is 1. The zero-order valence-corrected chi connectivity index (χ0v) is 18.1. The van der Waals surface area contributed by atoms with E-state index in [1.165, 1.54) is 12.1 Å². The summed E-state index contributed by atoms with van der Waals surface area (Å²) in [4.78, 5) is 29.8. The summed E-state index contributed by atoms with van der Waals surface area (Å²) in [5.74, 6) is -0.164. The number of carbonyl (C=O) groups excluding carboxylic acids is 2. The van der Waals surface area contributed by atoms with E-state index in [0.29, 0.717) is 36.0 Å². The minimum absolute atomic E-state index is 0.104. The first-order valence-corrected chi connectivity index (χ1v) is 10.6. The SMILES string of the molecule is CC(C)c1nnsc1C(=O)N1CCN(C)[C@@H](C(=O)NCCOc2cccc(F)c2)C1.